The molecule has 1 heterocycles. The first-order chi connectivity index (χ1) is 48.3. The molecule has 1 unspecified atom stereocenters. The highest BCUT2D eigenvalue weighted by atomic mass is 16.6. The van der Waals surface area contributed by atoms with Crippen LogP contribution in [0.4, 0.5) is 0 Å². The number of carbonyl (C=O) groups excluding carboxylic acids is 6. The fraction of sp³-hybridized carbons (Fsp3) is 0.373. The monoisotopic (exact) mass is 1410 g/mol. The number of hydrogen-bond acceptors (Lipinski definition) is 23. The van der Waals surface area contributed by atoms with Crippen LogP contribution in [0.15, 0.2) is 161 Å². The van der Waals surface area contributed by atoms with Crippen molar-refractivity contribution in [2.75, 3.05) is 54.4 Å². The van der Waals surface area contributed by atoms with Crippen molar-refractivity contribution in [2.45, 2.75) is 127 Å². The first-order valence-electron chi connectivity index (χ1n) is 32.2. The minimum Gasteiger partial charge on any atom is -0.599 e. The van der Waals surface area contributed by atoms with Crippen LogP contribution in [-0.4, -0.2) is 182 Å². The third kappa shape index (κ3) is 20.3. The molecule has 6 N–H and O–H groups in total. The largest absolute Gasteiger partial charge is 0.599 e. The Labute approximate surface area is 590 Å². The number of aliphatic carboxylic acids is 2. The molecule has 1 fully saturated rings. The number of nitrogens with two attached hydrogens (primary N) is 1. The van der Waals surface area contributed by atoms with Crippen LogP contribution in [0.5, 0.6) is 0 Å². The number of carbonyl (C=O) groups is 8. The van der Waals surface area contributed by atoms with Crippen LogP contribution >= 0.6 is 0 Å². The lowest BCUT2D eigenvalue weighted by molar-refractivity contribution is -0.252. The number of ketones is 1. The van der Waals surface area contributed by atoms with Crippen molar-refractivity contribution in [2.24, 2.45) is 20.7 Å². The van der Waals surface area contributed by atoms with Crippen molar-refractivity contribution >= 4 is 65.7 Å². The standard InChI is InChI=1S/C26H28N2O8.C24H26N2O7.C20H19NO6.C4H11N.CH4/c1-26(2)28(21(14-36-26)24(31)32)23(30)20(12-22(29)34-3)27-25(33)35-13-19-17-10-6-4-8-15(17)16-9-5-7-11-18(16)19;1-14(28)21(12-27)25-23(30)20(11-22(29)32-2)26-24(31)33-13-19-17-9-5-3-7-15(17)16-8-4-6-10-18(16)19;1-26-18(22)10-17(19(23)24)21-20(25)27-11-16-14-8-4-2-6-12(14)13-7-3-5-9-15(13)16;1-3-4(2)5;/h4-11,19-21H,12-14H2,1-3H3,(H,27,33)(H,31,32);3-10,19-21,27H,11-13H2,1-2H3,(H,25,30)(H,26,31);2-9,16-17H,10-11H2,1H3,(H,21,25)(H,23,24);4H,3,5H2,1-2H3;1H4/p-3/t20-,21?;20-,21-;17-;4-;/m0001./s1. The normalized spacial score (nSPS) is 16.0. The number of esters is 3. The van der Waals surface area contributed by atoms with E-state index < -0.39 is 127 Å². The average molecular weight is 1410 g/mol. The van der Waals surface area contributed by atoms with Crippen LogP contribution in [-0.2, 0) is 71.5 Å². The van der Waals surface area contributed by atoms with Gasteiger partial charge in [0, 0.05) is 43.6 Å². The zero-order valence-corrected chi connectivity index (χ0v) is 57.0. The molecule has 0 aromatic heterocycles. The summed E-state index contributed by atoms with van der Waals surface area (Å²) in [5.74, 6) is -7.74. The van der Waals surface area contributed by atoms with Crippen molar-refractivity contribution in [3.63, 3.8) is 0 Å². The molecule has 1 saturated heterocycles. The number of fused-ring (bicyclic) bond motifs is 9. The summed E-state index contributed by atoms with van der Waals surface area (Å²) in [6.45, 7) is 7.46. The van der Waals surface area contributed by atoms with E-state index in [9.17, 15) is 63.9 Å². The van der Waals surface area contributed by atoms with Crippen molar-refractivity contribution in [3.8, 4) is 33.4 Å². The minimum atomic E-state index is -1.53. The lowest BCUT2D eigenvalue weighted by Crippen LogP contribution is -2.54. The van der Waals surface area contributed by atoms with Crippen molar-refractivity contribution in [1.82, 2.24) is 10.2 Å². The molecule has 1 aliphatic heterocycles. The second-order valence-electron chi connectivity index (χ2n) is 24.1. The molecular weight excluding hydrogens is 1320 g/mol. The Morgan fingerprint density at radius 1 is 0.559 bits per heavy atom. The second kappa shape index (κ2) is 37.4. The fourth-order valence-corrected chi connectivity index (χ4v) is 11.7. The highest BCUT2D eigenvalue weighted by Crippen LogP contribution is 2.47. The second-order valence-corrected chi connectivity index (χ2v) is 24.1. The number of Topliss-reactive ketones (excluding diaryl/α,β-unsaturated/α-hetero) is 1. The number of carboxylic acids is 2. The van der Waals surface area contributed by atoms with Crippen LogP contribution in [0.2, 0.25) is 0 Å². The minimum absolute atomic E-state index is 0. The fourth-order valence-electron chi connectivity index (χ4n) is 11.7. The summed E-state index contributed by atoms with van der Waals surface area (Å²) in [6, 6.07) is 40.4. The number of ether oxygens (including phenoxy) is 7. The molecule has 544 valence electrons. The van der Waals surface area contributed by atoms with Gasteiger partial charge in [-0.3, -0.25) is 48.6 Å². The number of nitrogens with one attached hydrogen (secondary N) is 1. The number of hydrogen-bond donors (Lipinski definition) is 5. The third-order valence-electron chi connectivity index (χ3n) is 17.1. The maximum Gasteiger partial charge on any atom is 0.329 e. The summed E-state index contributed by atoms with van der Waals surface area (Å²) >= 11 is 0. The summed E-state index contributed by atoms with van der Waals surface area (Å²) in [4.78, 5) is 107. The van der Waals surface area contributed by atoms with Crippen LogP contribution in [0, 0.1) is 0 Å². The average Bonchev–Trinajstić information content (AvgIpc) is 1.64. The van der Waals surface area contributed by atoms with Crippen molar-refractivity contribution in [3.05, 3.63) is 179 Å². The maximum absolute atomic E-state index is 13.3. The van der Waals surface area contributed by atoms with E-state index in [0.29, 0.717) is 6.04 Å². The van der Waals surface area contributed by atoms with Gasteiger partial charge in [0.1, 0.15) is 42.1 Å². The SMILES string of the molecule is C.CC[C@@H](C)N.COC(=O)C[C@H](N=C([O-])OCC1c2ccccc2-c2ccccc21)C(=O)N1C(C(=O)O)COC1(C)C.COC(=O)C[C@H](N=C([O-])OCC1c2ccccc2-c2ccccc21)C(=O)N[C@@H](CO)C(C)=O.COC(=O)C[C@H](N=C([O-])OCC1c2ccccc2-c2ccccc21)C(=O)O. The number of benzene rings is 6. The quantitative estimate of drug-likeness (QED) is 0.0245. The predicted octanol–water partition coefficient (Wildman–Crippen LogP) is 4.97. The van der Waals surface area contributed by atoms with Gasteiger partial charge in [0.15, 0.2) is 17.9 Å². The smallest absolute Gasteiger partial charge is 0.329 e. The topological polar surface area (TPSA) is 409 Å². The number of amides is 2. The Morgan fingerprint density at radius 2 is 0.853 bits per heavy atom. The van der Waals surface area contributed by atoms with Gasteiger partial charge in [-0.2, -0.15) is 0 Å². The number of rotatable bonds is 23. The molecule has 27 heteroatoms. The molecule has 27 nitrogen and oxygen atoms in total. The molecule has 0 spiro atoms. The van der Waals surface area contributed by atoms with E-state index in [-0.39, 0.29) is 51.6 Å². The molecule has 0 saturated carbocycles. The first kappa shape index (κ1) is 80.0. The van der Waals surface area contributed by atoms with Gasteiger partial charge in [-0.15, -0.1) is 0 Å². The molecule has 10 rings (SSSR count). The van der Waals surface area contributed by atoms with Crippen molar-refractivity contribution < 1.29 is 102 Å². The van der Waals surface area contributed by atoms with E-state index >= 15 is 0 Å². The number of nitrogens with zero attached hydrogens (tertiary/aromatic N) is 4. The van der Waals surface area contributed by atoms with E-state index in [1.807, 2.05) is 153 Å². The molecule has 6 aromatic carbocycles. The summed E-state index contributed by atoms with van der Waals surface area (Å²) in [6.07, 6.45) is -3.61. The summed E-state index contributed by atoms with van der Waals surface area (Å²) in [7, 11) is 3.41. The van der Waals surface area contributed by atoms with E-state index in [4.69, 9.17) is 29.8 Å². The number of methoxy groups -OCH3 is 3. The molecule has 102 heavy (non-hydrogen) atoms. The highest BCUT2D eigenvalue weighted by molar-refractivity contribution is 5.94. The van der Waals surface area contributed by atoms with Gasteiger partial charge in [0.05, 0.1) is 53.8 Å². The van der Waals surface area contributed by atoms with Crippen LogP contribution in [0.25, 0.3) is 33.4 Å². The van der Waals surface area contributed by atoms with Crippen LogP contribution in [0.3, 0.4) is 0 Å². The summed E-state index contributed by atoms with van der Waals surface area (Å²) < 4.78 is 35.1. The molecule has 0 bridgehead atoms. The number of aliphatic hydroxyl groups is 1. The zero-order valence-electron chi connectivity index (χ0n) is 57.0. The Hall–Kier alpha value is -11.0. The maximum atomic E-state index is 13.3. The third-order valence-corrected chi connectivity index (χ3v) is 17.1. The summed E-state index contributed by atoms with van der Waals surface area (Å²) in [5.41, 5.74) is 16.5. The van der Waals surface area contributed by atoms with Gasteiger partial charge in [0.25, 0.3) is 5.91 Å². The molecule has 0 radical (unpaired) electrons. The molecule has 3 aliphatic carbocycles. The molecule has 6 aromatic rings. The molecule has 2 amide bonds. The highest BCUT2D eigenvalue weighted by Gasteiger charge is 2.49. The van der Waals surface area contributed by atoms with Gasteiger partial charge in [-0.25, -0.2) is 9.59 Å². The number of aliphatic hydroxyl groups excluding tert-OH is 1. The first-order valence-corrected chi connectivity index (χ1v) is 32.2. The van der Waals surface area contributed by atoms with E-state index in [0.717, 1.165) is 99.4 Å². The van der Waals surface area contributed by atoms with E-state index in [1.165, 1.54) is 20.8 Å². The predicted molar refractivity (Wildman–Crippen MR) is 369 cm³/mol. The van der Waals surface area contributed by atoms with E-state index in [2.05, 4.69) is 41.4 Å². The lowest BCUT2D eigenvalue weighted by atomic mass is 9.98. The summed E-state index contributed by atoms with van der Waals surface area (Å²) in [5, 5.41) is 67.4. The number of aliphatic imine (C=N–C) groups is 3. The van der Waals surface area contributed by atoms with Gasteiger partial charge in [-0.05, 0) is 101 Å². The molecule has 6 atom stereocenters. The van der Waals surface area contributed by atoms with Crippen LogP contribution in [0.1, 0.15) is 119 Å². The van der Waals surface area contributed by atoms with Crippen LogP contribution < -0.4 is 26.4 Å². The lowest BCUT2D eigenvalue weighted by Gasteiger charge is -2.34. The van der Waals surface area contributed by atoms with Gasteiger partial charge < -0.3 is 74.8 Å². The molecule has 4 aliphatic rings. The zero-order chi connectivity index (χ0) is 73.7. The van der Waals surface area contributed by atoms with Gasteiger partial charge >= 0.3 is 29.8 Å². The Bertz CT molecular complexity index is 3900. The van der Waals surface area contributed by atoms with Gasteiger partial charge in [0.2, 0.25) is 5.91 Å². The Morgan fingerprint density at radius 3 is 1.14 bits per heavy atom. The Balaban J connectivity index is 0.000000233. The Kier molecular flexibility index (Phi) is 29.3. The van der Waals surface area contributed by atoms with E-state index in [1.54, 1.807) is 0 Å². The van der Waals surface area contributed by atoms with Gasteiger partial charge in [-0.1, -0.05) is 160 Å². The number of carboxylic acid groups (broad SMARTS) is 2. The van der Waals surface area contributed by atoms with Crippen molar-refractivity contribution in [1.29, 1.82) is 0 Å². The molecular formula is C75H85N6O21-3.